The van der Waals surface area contributed by atoms with Crippen LogP contribution < -0.4 is 4.74 Å². The van der Waals surface area contributed by atoms with Crippen molar-refractivity contribution in [3.8, 4) is 5.75 Å². The zero-order valence-corrected chi connectivity index (χ0v) is 13.1. The van der Waals surface area contributed by atoms with Gasteiger partial charge in [-0.2, -0.15) is 0 Å². The summed E-state index contributed by atoms with van der Waals surface area (Å²) in [5.74, 6) is -0.427. The summed E-state index contributed by atoms with van der Waals surface area (Å²) in [5.41, 5.74) is 1.19. The van der Waals surface area contributed by atoms with Gasteiger partial charge in [-0.15, -0.1) is 0 Å². The number of esters is 2. The number of rotatable bonds is 6. The number of benzene rings is 2. The van der Waals surface area contributed by atoms with Gasteiger partial charge in [0.1, 0.15) is 12.4 Å². The molecule has 0 bridgehead atoms. The zero-order chi connectivity index (χ0) is 16.7. The van der Waals surface area contributed by atoms with Crippen LogP contribution in [-0.4, -0.2) is 25.7 Å². The molecule has 5 heteroatoms. The molecule has 120 valence electrons. The normalized spacial score (nSPS) is 10.0. The van der Waals surface area contributed by atoms with Crippen LogP contribution in [-0.2, 0) is 16.1 Å². The summed E-state index contributed by atoms with van der Waals surface area (Å²) in [6.45, 7) is 2.04. The van der Waals surface area contributed by atoms with E-state index in [-0.39, 0.29) is 24.3 Å². The second-order valence-corrected chi connectivity index (χ2v) is 4.69. The molecule has 0 saturated heterocycles. The van der Waals surface area contributed by atoms with Gasteiger partial charge in [-0.3, -0.25) is 0 Å². The van der Waals surface area contributed by atoms with E-state index in [2.05, 4.69) is 0 Å². The highest BCUT2D eigenvalue weighted by molar-refractivity contribution is 6.03. The van der Waals surface area contributed by atoms with Crippen LogP contribution in [0.5, 0.6) is 5.75 Å². The fraction of sp³-hybridized carbons (Fsp3) is 0.222. The Labute approximate surface area is 134 Å². The maximum Gasteiger partial charge on any atom is 0.339 e. The summed E-state index contributed by atoms with van der Waals surface area (Å²) in [6, 6.07) is 13.7. The highest BCUT2D eigenvalue weighted by Gasteiger charge is 2.18. The standard InChI is InChI=1S/C18H18O5/c1-3-22-17(19)15-9-4-5-10-16(15)18(20)23-12-13-7-6-8-14(11-13)21-2/h4-11H,3,12H2,1-2H3. The first-order valence-electron chi connectivity index (χ1n) is 7.22. The first-order chi connectivity index (χ1) is 11.2. The van der Waals surface area contributed by atoms with Gasteiger partial charge in [-0.1, -0.05) is 24.3 Å². The number of carbonyl (C=O) groups is 2. The van der Waals surface area contributed by atoms with Crippen LogP contribution in [0.1, 0.15) is 33.2 Å². The number of hydrogen-bond acceptors (Lipinski definition) is 5. The van der Waals surface area contributed by atoms with Crippen molar-refractivity contribution >= 4 is 11.9 Å². The van der Waals surface area contributed by atoms with Gasteiger partial charge in [0.2, 0.25) is 0 Å². The molecular weight excluding hydrogens is 296 g/mol. The highest BCUT2D eigenvalue weighted by atomic mass is 16.5. The quantitative estimate of drug-likeness (QED) is 0.766. The molecule has 0 saturated carbocycles. The van der Waals surface area contributed by atoms with Crippen LogP contribution in [0, 0.1) is 0 Å². The van der Waals surface area contributed by atoms with Gasteiger partial charge in [0.25, 0.3) is 0 Å². The predicted octanol–water partition coefficient (Wildman–Crippen LogP) is 3.23. The van der Waals surface area contributed by atoms with Crippen molar-refractivity contribution < 1.29 is 23.8 Å². The van der Waals surface area contributed by atoms with Crippen LogP contribution in [0.2, 0.25) is 0 Å². The molecule has 0 radical (unpaired) electrons. The lowest BCUT2D eigenvalue weighted by atomic mass is 10.1. The summed E-state index contributed by atoms with van der Waals surface area (Å²) >= 11 is 0. The third-order valence-electron chi connectivity index (χ3n) is 3.15. The van der Waals surface area contributed by atoms with E-state index in [1.165, 1.54) is 0 Å². The molecule has 23 heavy (non-hydrogen) atoms. The second-order valence-electron chi connectivity index (χ2n) is 4.69. The van der Waals surface area contributed by atoms with Crippen molar-refractivity contribution in [3.63, 3.8) is 0 Å². The molecule has 2 rings (SSSR count). The summed E-state index contributed by atoms with van der Waals surface area (Å²) in [5, 5.41) is 0. The van der Waals surface area contributed by atoms with E-state index in [1.807, 2.05) is 12.1 Å². The summed E-state index contributed by atoms with van der Waals surface area (Å²) in [4.78, 5) is 24.1. The Balaban J connectivity index is 2.10. The number of carbonyl (C=O) groups excluding carboxylic acids is 2. The van der Waals surface area contributed by atoms with Crippen LogP contribution in [0.3, 0.4) is 0 Å². The van der Waals surface area contributed by atoms with Gasteiger partial charge < -0.3 is 14.2 Å². The van der Waals surface area contributed by atoms with Crippen molar-refractivity contribution in [2.75, 3.05) is 13.7 Å². The van der Waals surface area contributed by atoms with Crippen molar-refractivity contribution in [3.05, 3.63) is 65.2 Å². The van der Waals surface area contributed by atoms with E-state index in [4.69, 9.17) is 14.2 Å². The van der Waals surface area contributed by atoms with Crippen molar-refractivity contribution in [1.82, 2.24) is 0 Å². The minimum Gasteiger partial charge on any atom is -0.497 e. The van der Waals surface area contributed by atoms with E-state index in [9.17, 15) is 9.59 Å². The Kier molecular flexibility index (Phi) is 5.74. The predicted molar refractivity (Wildman–Crippen MR) is 84.5 cm³/mol. The summed E-state index contributed by atoms with van der Waals surface area (Å²) in [6.07, 6.45) is 0. The molecule has 0 unspecified atom stereocenters. The number of methoxy groups -OCH3 is 1. The molecule has 0 heterocycles. The minimum absolute atomic E-state index is 0.0905. The number of ether oxygens (including phenoxy) is 3. The molecule has 0 aliphatic carbocycles. The van der Waals surface area contributed by atoms with Gasteiger partial charge in [-0.05, 0) is 36.8 Å². The SMILES string of the molecule is CCOC(=O)c1ccccc1C(=O)OCc1cccc(OC)c1. The first kappa shape index (κ1) is 16.5. The fourth-order valence-electron chi connectivity index (χ4n) is 2.04. The van der Waals surface area contributed by atoms with E-state index in [0.717, 1.165) is 5.56 Å². The molecule has 0 fully saturated rings. The van der Waals surface area contributed by atoms with Crippen molar-refractivity contribution in [1.29, 1.82) is 0 Å². The van der Waals surface area contributed by atoms with Gasteiger partial charge >= 0.3 is 11.9 Å². The summed E-state index contributed by atoms with van der Waals surface area (Å²) in [7, 11) is 1.57. The van der Waals surface area contributed by atoms with Gasteiger partial charge in [0.15, 0.2) is 0 Å². The van der Waals surface area contributed by atoms with E-state index >= 15 is 0 Å². The van der Waals surface area contributed by atoms with Gasteiger partial charge in [0, 0.05) is 0 Å². The van der Waals surface area contributed by atoms with E-state index < -0.39 is 11.9 Å². The summed E-state index contributed by atoms with van der Waals surface area (Å²) < 4.78 is 15.4. The zero-order valence-electron chi connectivity index (χ0n) is 13.1. The minimum atomic E-state index is -0.573. The Morgan fingerprint density at radius 3 is 2.17 bits per heavy atom. The lowest BCUT2D eigenvalue weighted by molar-refractivity contribution is 0.0445. The molecule has 0 N–H and O–H groups in total. The molecule has 0 atom stereocenters. The lowest BCUT2D eigenvalue weighted by Crippen LogP contribution is -2.14. The lowest BCUT2D eigenvalue weighted by Gasteiger charge is -2.09. The number of hydrogen-bond donors (Lipinski definition) is 0. The van der Waals surface area contributed by atoms with Gasteiger partial charge in [0.05, 0.1) is 24.8 Å². The Hall–Kier alpha value is -2.82. The first-order valence-corrected chi connectivity index (χ1v) is 7.22. The average molecular weight is 314 g/mol. The highest BCUT2D eigenvalue weighted by Crippen LogP contribution is 2.16. The van der Waals surface area contributed by atoms with Crippen LogP contribution in [0.25, 0.3) is 0 Å². The molecule has 5 nitrogen and oxygen atoms in total. The monoisotopic (exact) mass is 314 g/mol. The second kappa shape index (κ2) is 7.98. The van der Waals surface area contributed by atoms with E-state index in [1.54, 1.807) is 50.4 Å². The molecular formula is C18H18O5. The maximum absolute atomic E-state index is 12.2. The third-order valence-corrected chi connectivity index (χ3v) is 3.15. The van der Waals surface area contributed by atoms with Crippen molar-refractivity contribution in [2.24, 2.45) is 0 Å². The van der Waals surface area contributed by atoms with Gasteiger partial charge in [-0.25, -0.2) is 9.59 Å². The average Bonchev–Trinajstić information content (AvgIpc) is 2.60. The molecule has 0 amide bonds. The smallest absolute Gasteiger partial charge is 0.339 e. The largest absolute Gasteiger partial charge is 0.497 e. The molecule has 2 aromatic carbocycles. The maximum atomic E-state index is 12.2. The molecule has 0 spiro atoms. The molecule has 0 aromatic heterocycles. The molecule has 0 aliphatic rings. The third kappa shape index (κ3) is 4.32. The van der Waals surface area contributed by atoms with Crippen LogP contribution in [0.15, 0.2) is 48.5 Å². The Morgan fingerprint density at radius 1 is 0.913 bits per heavy atom. The Morgan fingerprint density at radius 2 is 1.57 bits per heavy atom. The fourth-order valence-corrected chi connectivity index (χ4v) is 2.04. The van der Waals surface area contributed by atoms with Crippen LogP contribution >= 0.6 is 0 Å². The van der Waals surface area contributed by atoms with Crippen molar-refractivity contribution in [2.45, 2.75) is 13.5 Å². The topological polar surface area (TPSA) is 61.8 Å². The molecule has 0 aliphatic heterocycles. The molecule has 2 aromatic rings. The Bertz CT molecular complexity index is 693. The van der Waals surface area contributed by atoms with Crippen LogP contribution in [0.4, 0.5) is 0 Å². The van der Waals surface area contributed by atoms with E-state index in [0.29, 0.717) is 5.75 Å².